The van der Waals surface area contributed by atoms with Gasteiger partial charge in [0.1, 0.15) is 11.8 Å². The van der Waals surface area contributed by atoms with E-state index in [9.17, 15) is 4.79 Å². The summed E-state index contributed by atoms with van der Waals surface area (Å²) in [5, 5.41) is 10.5. The molecule has 2 heterocycles. The first kappa shape index (κ1) is 22.1. The van der Waals surface area contributed by atoms with E-state index in [-0.39, 0.29) is 36.3 Å². The molecule has 9 heteroatoms. The van der Waals surface area contributed by atoms with Crippen LogP contribution in [0.4, 0.5) is 0 Å². The molecule has 2 unspecified atom stereocenters. The fourth-order valence-electron chi connectivity index (χ4n) is 3.17. The van der Waals surface area contributed by atoms with Crippen molar-refractivity contribution in [3.05, 3.63) is 41.5 Å². The average molecular weight is 410 g/mol. The van der Waals surface area contributed by atoms with Crippen LogP contribution in [0.15, 0.2) is 28.8 Å². The lowest BCUT2D eigenvalue weighted by Gasteiger charge is -2.30. The number of aromatic nitrogens is 2. The molecule has 1 amide bonds. The van der Waals surface area contributed by atoms with Crippen molar-refractivity contribution in [2.45, 2.75) is 25.9 Å². The second kappa shape index (κ2) is 9.86. The highest BCUT2D eigenvalue weighted by Gasteiger charge is 2.30. The van der Waals surface area contributed by atoms with Crippen LogP contribution in [0.3, 0.4) is 0 Å². The summed E-state index contributed by atoms with van der Waals surface area (Å²) >= 11 is 0. The van der Waals surface area contributed by atoms with Gasteiger partial charge in [-0.25, -0.2) is 0 Å². The maximum Gasteiger partial charge on any atom is 0.255 e. The van der Waals surface area contributed by atoms with E-state index >= 15 is 0 Å². The molecule has 0 radical (unpaired) electrons. The van der Waals surface area contributed by atoms with Crippen LogP contribution in [-0.4, -0.2) is 54.7 Å². The van der Waals surface area contributed by atoms with Gasteiger partial charge in [0.25, 0.3) is 5.91 Å². The van der Waals surface area contributed by atoms with Gasteiger partial charge in [-0.05, 0) is 25.1 Å². The third-order valence-corrected chi connectivity index (χ3v) is 4.84. The Bertz CT molecular complexity index is 782. The quantitative estimate of drug-likeness (QED) is 0.755. The summed E-state index contributed by atoms with van der Waals surface area (Å²) in [4.78, 5) is 19.6. The van der Waals surface area contributed by atoms with Crippen molar-refractivity contribution in [1.29, 1.82) is 0 Å². The number of piperazine rings is 1. The van der Waals surface area contributed by atoms with E-state index in [0.29, 0.717) is 23.0 Å². The molecular formula is C19H28ClN5O3. The lowest BCUT2D eigenvalue weighted by atomic mass is 10.0. The molecule has 0 saturated carbocycles. The standard InChI is InChI=1S/C19H27N5O3.ClH/c1-12(2)16(21-18(25)13-7-5-6-8-15(13)26-4)19-22-17(23-27-19)14-11-20-9-10-24(14)3;/h5-8,12,14,16,20H,9-11H2,1-4H3,(H,21,25);1H. The van der Waals surface area contributed by atoms with Crippen LogP contribution in [-0.2, 0) is 0 Å². The predicted molar refractivity (Wildman–Crippen MR) is 108 cm³/mol. The van der Waals surface area contributed by atoms with Crippen molar-refractivity contribution in [2.75, 3.05) is 33.8 Å². The highest BCUT2D eigenvalue weighted by molar-refractivity contribution is 5.97. The predicted octanol–water partition coefficient (Wildman–Crippen LogP) is 2.20. The molecule has 0 bridgehead atoms. The molecule has 3 rings (SSSR count). The van der Waals surface area contributed by atoms with Gasteiger partial charge in [0.2, 0.25) is 5.89 Å². The number of benzene rings is 1. The minimum atomic E-state index is -0.384. The van der Waals surface area contributed by atoms with Gasteiger partial charge in [0.15, 0.2) is 5.82 Å². The van der Waals surface area contributed by atoms with E-state index in [4.69, 9.17) is 9.26 Å². The molecule has 1 aliphatic heterocycles. The Hall–Kier alpha value is -2.16. The molecule has 1 aromatic heterocycles. The van der Waals surface area contributed by atoms with Crippen molar-refractivity contribution in [1.82, 2.24) is 25.7 Å². The van der Waals surface area contributed by atoms with Gasteiger partial charge in [0.05, 0.1) is 18.7 Å². The van der Waals surface area contributed by atoms with Crippen molar-refractivity contribution in [3.8, 4) is 5.75 Å². The monoisotopic (exact) mass is 409 g/mol. The summed E-state index contributed by atoms with van der Waals surface area (Å²) in [5.74, 6) is 1.43. The van der Waals surface area contributed by atoms with Gasteiger partial charge in [-0.3, -0.25) is 9.69 Å². The Kier molecular flexibility index (Phi) is 7.79. The Labute approximate surface area is 171 Å². The van der Waals surface area contributed by atoms with E-state index < -0.39 is 0 Å². The van der Waals surface area contributed by atoms with Gasteiger partial charge in [0, 0.05) is 19.6 Å². The first-order valence-electron chi connectivity index (χ1n) is 9.19. The van der Waals surface area contributed by atoms with Crippen molar-refractivity contribution >= 4 is 18.3 Å². The van der Waals surface area contributed by atoms with Gasteiger partial charge < -0.3 is 19.9 Å². The fraction of sp³-hybridized carbons (Fsp3) is 0.526. The number of likely N-dealkylation sites (N-methyl/N-ethyl adjacent to an activating group) is 1. The SMILES string of the molecule is COc1ccccc1C(=O)NC(c1nc(C2CNCCN2C)no1)C(C)C.Cl. The van der Waals surface area contributed by atoms with Crippen LogP contribution in [0.5, 0.6) is 5.75 Å². The Balaban J connectivity index is 0.00000280. The van der Waals surface area contributed by atoms with Crippen LogP contribution < -0.4 is 15.4 Å². The normalized spacial score (nSPS) is 18.4. The number of carbonyl (C=O) groups is 1. The Morgan fingerprint density at radius 2 is 2.14 bits per heavy atom. The molecule has 8 nitrogen and oxygen atoms in total. The van der Waals surface area contributed by atoms with Crippen molar-refractivity contribution in [3.63, 3.8) is 0 Å². The molecule has 2 N–H and O–H groups in total. The second-order valence-electron chi connectivity index (χ2n) is 7.09. The third kappa shape index (κ3) is 4.81. The molecule has 2 aromatic rings. The smallest absolute Gasteiger partial charge is 0.255 e. The molecule has 154 valence electrons. The molecule has 2 atom stereocenters. The first-order chi connectivity index (χ1) is 13.0. The minimum absolute atomic E-state index is 0. The second-order valence-corrected chi connectivity index (χ2v) is 7.09. The molecule has 0 aliphatic carbocycles. The lowest BCUT2D eigenvalue weighted by Crippen LogP contribution is -2.44. The van der Waals surface area contributed by atoms with E-state index in [2.05, 4.69) is 25.7 Å². The summed E-state index contributed by atoms with van der Waals surface area (Å²) in [6, 6.07) is 6.80. The van der Waals surface area contributed by atoms with Gasteiger partial charge in [-0.2, -0.15) is 4.98 Å². The number of ether oxygens (including phenoxy) is 1. The number of amides is 1. The van der Waals surface area contributed by atoms with Crippen LogP contribution in [0.1, 0.15) is 48.0 Å². The van der Waals surface area contributed by atoms with Gasteiger partial charge in [-0.15, -0.1) is 12.4 Å². The largest absolute Gasteiger partial charge is 0.496 e. The van der Waals surface area contributed by atoms with E-state index in [1.807, 2.05) is 27.0 Å². The zero-order chi connectivity index (χ0) is 19.4. The highest BCUT2D eigenvalue weighted by Crippen LogP contribution is 2.25. The van der Waals surface area contributed by atoms with Gasteiger partial charge in [-0.1, -0.05) is 31.1 Å². The molecule has 1 saturated heterocycles. The molecule has 1 aliphatic rings. The Morgan fingerprint density at radius 1 is 1.39 bits per heavy atom. The average Bonchev–Trinajstić information content (AvgIpc) is 3.15. The zero-order valence-electron chi connectivity index (χ0n) is 16.6. The topological polar surface area (TPSA) is 92.5 Å². The number of nitrogens with zero attached hydrogens (tertiary/aromatic N) is 3. The summed E-state index contributed by atoms with van der Waals surface area (Å²) < 4.78 is 10.8. The number of para-hydroxylation sites is 1. The summed E-state index contributed by atoms with van der Waals surface area (Å²) in [5.41, 5.74) is 0.474. The van der Waals surface area contributed by atoms with E-state index in [1.165, 1.54) is 0 Å². The molecule has 1 aromatic carbocycles. The first-order valence-corrected chi connectivity index (χ1v) is 9.19. The Morgan fingerprint density at radius 3 is 2.82 bits per heavy atom. The molecule has 28 heavy (non-hydrogen) atoms. The molecule has 1 fully saturated rings. The number of hydrogen-bond acceptors (Lipinski definition) is 7. The molecular weight excluding hydrogens is 382 g/mol. The van der Waals surface area contributed by atoms with E-state index in [1.54, 1.807) is 25.3 Å². The minimum Gasteiger partial charge on any atom is -0.496 e. The third-order valence-electron chi connectivity index (χ3n) is 4.84. The van der Waals surface area contributed by atoms with Crippen molar-refractivity contribution in [2.24, 2.45) is 5.92 Å². The number of halogens is 1. The van der Waals surface area contributed by atoms with Crippen LogP contribution in [0, 0.1) is 5.92 Å². The number of rotatable bonds is 6. The lowest BCUT2D eigenvalue weighted by molar-refractivity contribution is 0.0911. The fourth-order valence-corrected chi connectivity index (χ4v) is 3.17. The van der Waals surface area contributed by atoms with Crippen LogP contribution >= 0.6 is 12.4 Å². The van der Waals surface area contributed by atoms with Crippen LogP contribution in [0.25, 0.3) is 0 Å². The van der Waals surface area contributed by atoms with Crippen molar-refractivity contribution < 1.29 is 14.1 Å². The molecule has 0 spiro atoms. The van der Waals surface area contributed by atoms with E-state index in [0.717, 1.165) is 19.6 Å². The summed E-state index contributed by atoms with van der Waals surface area (Å²) in [7, 11) is 3.59. The maximum atomic E-state index is 12.8. The number of methoxy groups -OCH3 is 1. The summed E-state index contributed by atoms with van der Waals surface area (Å²) in [6.45, 7) is 6.65. The highest BCUT2D eigenvalue weighted by atomic mass is 35.5. The number of hydrogen-bond donors (Lipinski definition) is 2. The number of carbonyl (C=O) groups excluding carboxylic acids is 1. The van der Waals surface area contributed by atoms with Gasteiger partial charge >= 0.3 is 0 Å². The maximum absolute atomic E-state index is 12.8. The number of nitrogens with one attached hydrogen (secondary N) is 2. The van der Waals surface area contributed by atoms with Crippen LogP contribution in [0.2, 0.25) is 0 Å². The zero-order valence-corrected chi connectivity index (χ0v) is 17.5. The summed E-state index contributed by atoms with van der Waals surface area (Å²) in [6.07, 6.45) is 0.